The van der Waals surface area contributed by atoms with E-state index < -0.39 is 0 Å². The molecule has 0 saturated carbocycles. The minimum absolute atomic E-state index is 0.208. The number of carbonyl (C=O) groups excluding carboxylic acids is 1. The number of ether oxygens (including phenoxy) is 3. The zero-order valence-electron chi connectivity index (χ0n) is 12.5. The molecule has 120 valence electrons. The van der Waals surface area contributed by atoms with Crippen LogP contribution in [0, 0.1) is 0 Å². The highest BCUT2D eigenvalue weighted by atomic mass is 16.7. The third-order valence-corrected chi connectivity index (χ3v) is 3.67. The number of hydrogen-bond donors (Lipinski definition) is 2. The predicted molar refractivity (Wildman–Crippen MR) is 81.5 cm³/mol. The van der Waals surface area contributed by atoms with Gasteiger partial charge in [-0.1, -0.05) is 0 Å². The summed E-state index contributed by atoms with van der Waals surface area (Å²) in [5, 5.41) is 5.65. The Morgan fingerprint density at radius 1 is 1.18 bits per heavy atom. The van der Waals surface area contributed by atoms with E-state index >= 15 is 0 Å². The van der Waals surface area contributed by atoms with Gasteiger partial charge in [0.2, 0.25) is 6.79 Å². The van der Waals surface area contributed by atoms with Gasteiger partial charge in [-0.05, 0) is 25.1 Å². The first-order valence-corrected chi connectivity index (χ1v) is 7.56. The summed E-state index contributed by atoms with van der Waals surface area (Å²) in [6.45, 7) is 5.41. The fourth-order valence-electron chi connectivity index (χ4n) is 2.48. The summed E-state index contributed by atoms with van der Waals surface area (Å²) in [6, 6.07) is 5.13. The zero-order chi connectivity index (χ0) is 15.2. The number of anilines is 1. The second-order valence-corrected chi connectivity index (χ2v) is 5.26. The highest BCUT2D eigenvalue weighted by Gasteiger charge is 2.14. The van der Waals surface area contributed by atoms with Crippen molar-refractivity contribution >= 4 is 11.7 Å². The standard InChI is InChI=1S/C15H21N3O4/c19-15(16-4-1-5-18-6-8-20-9-7-18)17-12-2-3-13-14(10-12)22-11-21-13/h2-3,10H,1,4-9,11H2,(H2,16,17,19). The maximum absolute atomic E-state index is 11.8. The molecule has 22 heavy (non-hydrogen) atoms. The average Bonchev–Trinajstić information content (AvgIpc) is 3.00. The average molecular weight is 307 g/mol. The van der Waals surface area contributed by atoms with Crippen LogP contribution in [-0.2, 0) is 4.74 Å². The summed E-state index contributed by atoms with van der Waals surface area (Å²) >= 11 is 0. The Hall–Kier alpha value is -1.99. The van der Waals surface area contributed by atoms with Crippen molar-refractivity contribution in [1.82, 2.24) is 10.2 Å². The summed E-state index contributed by atoms with van der Waals surface area (Å²) in [5.41, 5.74) is 0.690. The van der Waals surface area contributed by atoms with E-state index in [0.717, 1.165) is 39.3 Å². The number of nitrogens with zero attached hydrogens (tertiary/aromatic N) is 1. The van der Waals surface area contributed by atoms with Crippen molar-refractivity contribution in [2.75, 3.05) is 51.5 Å². The van der Waals surface area contributed by atoms with E-state index in [4.69, 9.17) is 14.2 Å². The molecule has 0 atom stereocenters. The zero-order valence-corrected chi connectivity index (χ0v) is 12.5. The van der Waals surface area contributed by atoms with Crippen molar-refractivity contribution in [3.05, 3.63) is 18.2 Å². The van der Waals surface area contributed by atoms with Crippen LogP contribution in [-0.4, -0.2) is 57.1 Å². The Morgan fingerprint density at radius 3 is 2.86 bits per heavy atom. The lowest BCUT2D eigenvalue weighted by Crippen LogP contribution is -2.38. The lowest BCUT2D eigenvalue weighted by Gasteiger charge is -2.26. The minimum Gasteiger partial charge on any atom is -0.454 e. The molecule has 2 N–H and O–H groups in total. The first-order chi connectivity index (χ1) is 10.8. The molecule has 0 unspecified atom stereocenters. The van der Waals surface area contributed by atoms with Crippen molar-refractivity contribution in [1.29, 1.82) is 0 Å². The van der Waals surface area contributed by atoms with Crippen molar-refractivity contribution in [2.24, 2.45) is 0 Å². The van der Waals surface area contributed by atoms with E-state index in [2.05, 4.69) is 15.5 Å². The molecule has 0 bridgehead atoms. The Morgan fingerprint density at radius 2 is 2.00 bits per heavy atom. The predicted octanol–water partition coefficient (Wildman–Crippen LogP) is 1.26. The molecule has 2 amide bonds. The number of benzene rings is 1. The monoisotopic (exact) mass is 307 g/mol. The van der Waals surface area contributed by atoms with Gasteiger partial charge in [0.25, 0.3) is 0 Å². The topological polar surface area (TPSA) is 72.1 Å². The molecular formula is C15H21N3O4. The van der Waals surface area contributed by atoms with Crippen LogP contribution < -0.4 is 20.1 Å². The Kier molecular flexibility index (Phi) is 4.97. The quantitative estimate of drug-likeness (QED) is 0.801. The van der Waals surface area contributed by atoms with Crippen LogP contribution in [0.4, 0.5) is 10.5 Å². The smallest absolute Gasteiger partial charge is 0.319 e. The number of carbonyl (C=O) groups is 1. The number of morpholine rings is 1. The third kappa shape index (κ3) is 4.02. The summed E-state index contributed by atoms with van der Waals surface area (Å²) in [6.07, 6.45) is 0.925. The van der Waals surface area contributed by atoms with Gasteiger partial charge in [0.1, 0.15) is 0 Å². The van der Waals surface area contributed by atoms with Crippen LogP contribution in [0.1, 0.15) is 6.42 Å². The Labute approximate surface area is 129 Å². The molecule has 0 spiro atoms. The van der Waals surface area contributed by atoms with Crippen LogP contribution in [0.15, 0.2) is 18.2 Å². The molecule has 2 aliphatic heterocycles. The summed E-state index contributed by atoms with van der Waals surface area (Å²) in [5.74, 6) is 1.36. The van der Waals surface area contributed by atoms with E-state index in [1.807, 2.05) is 0 Å². The largest absolute Gasteiger partial charge is 0.454 e. The van der Waals surface area contributed by atoms with Gasteiger partial charge in [-0.2, -0.15) is 0 Å². The number of amides is 2. The Bertz CT molecular complexity index is 518. The second-order valence-electron chi connectivity index (χ2n) is 5.26. The van der Waals surface area contributed by atoms with Gasteiger partial charge in [-0.25, -0.2) is 4.79 Å². The van der Waals surface area contributed by atoms with E-state index in [1.54, 1.807) is 18.2 Å². The SMILES string of the molecule is O=C(NCCCN1CCOCC1)Nc1ccc2c(c1)OCO2. The van der Waals surface area contributed by atoms with Gasteiger partial charge < -0.3 is 24.8 Å². The van der Waals surface area contributed by atoms with Crippen LogP contribution in [0.25, 0.3) is 0 Å². The lowest BCUT2D eigenvalue weighted by molar-refractivity contribution is 0.0375. The maximum Gasteiger partial charge on any atom is 0.319 e. The van der Waals surface area contributed by atoms with Crippen LogP contribution in [0.3, 0.4) is 0 Å². The van der Waals surface area contributed by atoms with Gasteiger partial charge in [-0.3, -0.25) is 4.90 Å². The van der Waals surface area contributed by atoms with Crippen molar-refractivity contribution < 1.29 is 19.0 Å². The van der Waals surface area contributed by atoms with Crippen molar-refractivity contribution in [3.63, 3.8) is 0 Å². The fourth-order valence-corrected chi connectivity index (χ4v) is 2.48. The molecular weight excluding hydrogens is 286 g/mol. The molecule has 1 aromatic rings. The van der Waals surface area contributed by atoms with E-state index in [1.165, 1.54) is 0 Å². The molecule has 2 aliphatic rings. The van der Waals surface area contributed by atoms with Gasteiger partial charge in [0.15, 0.2) is 11.5 Å². The van der Waals surface area contributed by atoms with Gasteiger partial charge in [-0.15, -0.1) is 0 Å². The first-order valence-electron chi connectivity index (χ1n) is 7.56. The first kappa shape index (κ1) is 14.9. The normalized spacial score (nSPS) is 17.3. The molecule has 2 heterocycles. The van der Waals surface area contributed by atoms with E-state index in [9.17, 15) is 4.79 Å². The van der Waals surface area contributed by atoms with Crippen molar-refractivity contribution in [2.45, 2.75) is 6.42 Å². The number of hydrogen-bond acceptors (Lipinski definition) is 5. The van der Waals surface area contributed by atoms with Crippen LogP contribution in [0.5, 0.6) is 11.5 Å². The molecule has 1 fully saturated rings. The summed E-state index contributed by atoms with van der Waals surface area (Å²) in [7, 11) is 0. The van der Waals surface area contributed by atoms with Crippen molar-refractivity contribution in [3.8, 4) is 11.5 Å². The number of rotatable bonds is 5. The van der Waals surface area contributed by atoms with E-state index in [-0.39, 0.29) is 12.8 Å². The Balaban J connectivity index is 1.35. The van der Waals surface area contributed by atoms with Crippen LogP contribution >= 0.6 is 0 Å². The molecule has 7 nitrogen and oxygen atoms in total. The lowest BCUT2D eigenvalue weighted by atomic mass is 10.3. The van der Waals surface area contributed by atoms with E-state index in [0.29, 0.717) is 23.7 Å². The molecule has 0 aromatic heterocycles. The second kappa shape index (κ2) is 7.33. The molecule has 7 heteroatoms. The maximum atomic E-state index is 11.8. The molecule has 1 saturated heterocycles. The molecule has 1 aromatic carbocycles. The minimum atomic E-state index is -0.208. The highest BCUT2D eigenvalue weighted by Crippen LogP contribution is 2.34. The van der Waals surface area contributed by atoms with Gasteiger partial charge in [0, 0.05) is 31.4 Å². The number of fused-ring (bicyclic) bond motifs is 1. The summed E-state index contributed by atoms with van der Waals surface area (Å²) in [4.78, 5) is 14.2. The van der Waals surface area contributed by atoms with Crippen LogP contribution in [0.2, 0.25) is 0 Å². The fraction of sp³-hybridized carbons (Fsp3) is 0.533. The molecule has 0 radical (unpaired) electrons. The number of urea groups is 1. The van der Waals surface area contributed by atoms with Gasteiger partial charge in [0.05, 0.1) is 13.2 Å². The summed E-state index contributed by atoms with van der Waals surface area (Å²) < 4.78 is 15.8. The number of nitrogens with one attached hydrogen (secondary N) is 2. The third-order valence-electron chi connectivity index (χ3n) is 3.67. The highest BCUT2D eigenvalue weighted by molar-refractivity contribution is 5.89. The van der Waals surface area contributed by atoms with Gasteiger partial charge >= 0.3 is 6.03 Å². The molecule has 3 rings (SSSR count). The molecule has 0 aliphatic carbocycles.